The number of aromatic nitrogens is 2. The molecule has 7 heteroatoms. The summed E-state index contributed by atoms with van der Waals surface area (Å²) >= 11 is 12.3. The largest absolute Gasteiger partial charge is 0.318 e. The van der Waals surface area contributed by atoms with Crippen molar-refractivity contribution in [3.8, 4) is 5.69 Å². The average molecular weight is 451 g/mol. The number of benzene rings is 2. The molecule has 2 aromatic carbocycles. The van der Waals surface area contributed by atoms with Crippen molar-refractivity contribution < 1.29 is 4.79 Å². The van der Waals surface area contributed by atoms with Gasteiger partial charge in [0.15, 0.2) is 0 Å². The number of amides is 1. The highest BCUT2D eigenvalue weighted by Gasteiger charge is 2.13. The molecule has 0 fully saturated rings. The number of hydrogen-bond donors (Lipinski definition) is 1. The van der Waals surface area contributed by atoms with E-state index in [-0.39, 0.29) is 5.91 Å². The number of nitrogens with zero attached hydrogens (tertiary/aromatic N) is 3. The lowest BCUT2D eigenvalue weighted by molar-refractivity contribution is 0.0954. The summed E-state index contributed by atoms with van der Waals surface area (Å²) in [6.07, 6.45) is 1.63. The molecular weight excluding hydrogens is 431 g/mol. The Morgan fingerprint density at radius 1 is 1.03 bits per heavy atom. The minimum Gasteiger partial charge on any atom is -0.318 e. The molecule has 0 saturated carbocycles. The molecule has 0 aliphatic heterocycles. The average Bonchev–Trinajstić information content (AvgIpc) is 2.99. The second-order valence-electron chi connectivity index (χ2n) is 7.30. The van der Waals surface area contributed by atoms with Gasteiger partial charge in [-0.1, -0.05) is 41.4 Å². The Morgan fingerprint density at radius 3 is 2.48 bits per heavy atom. The quantitative estimate of drug-likeness (QED) is 0.305. The second-order valence-corrected chi connectivity index (χ2v) is 8.18. The molecule has 0 unspecified atom stereocenters. The summed E-state index contributed by atoms with van der Waals surface area (Å²) < 4.78 is 2.04. The molecule has 2 heterocycles. The minimum atomic E-state index is -0.303. The molecule has 0 aliphatic carbocycles. The molecule has 156 valence electrons. The van der Waals surface area contributed by atoms with Crippen molar-refractivity contribution in [2.45, 2.75) is 20.8 Å². The molecule has 0 saturated heterocycles. The van der Waals surface area contributed by atoms with Crippen molar-refractivity contribution in [2.24, 2.45) is 5.10 Å². The van der Waals surface area contributed by atoms with Gasteiger partial charge in [0.2, 0.25) is 0 Å². The van der Waals surface area contributed by atoms with Crippen LogP contribution in [-0.2, 0) is 0 Å². The molecule has 1 N–H and O–H groups in total. The van der Waals surface area contributed by atoms with Crippen LogP contribution >= 0.6 is 23.2 Å². The standard InChI is InChI=1S/C24H20Cl2N4O/c1-14-8-18(16(3)30(14)21-11-19(25)10-20(26)12-21)13-27-29-24(31)22-9-17-6-4-5-7-23(17)28-15(22)2/h4-13H,1-3H3,(H,29,31). The van der Waals surface area contributed by atoms with Crippen LogP contribution in [0.5, 0.6) is 0 Å². The Bertz CT molecular complexity index is 1320. The van der Waals surface area contributed by atoms with Gasteiger partial charge in [0.05, 0.1) is 23.0 Å². The van der Waals surface area contributed by atoms with Crippen LogP contribution < -0.4 is 5.43 Å². The highest BCUT2D eigenvalue weighted by molar-refractivity contribution is 6.34. The molecule has 0 atom stereocenters. The van der Waals surface area contributed by atoms with Crippen LogP contribution in [0.1, 0.15) is 33.0 Å². The minimum absolute atomic E-state index is 0.303. The zero-order valence-electron chi connectivity index (χ0n) is 17.3. The van der Waals surface area contributed by atoms with Crippen LogP contribution in [0.25, 0.3) is 16.6 Å². The molecule has 5 nitrogen and oxygen atoms in total. The van der Waals surface area contributed by atoms with E-state index in [2.05, 4.69) is 15.5 Å². The molecule has 0 spiro atoms. The van der Waals surface area contributed by atoms with Crippen molar-refractivity contribution in [2.75, 3.05) is 0 Å². The van der Waals surface area contributed by atoms with Gasteiger partial charge in [0, 0.05) is 38.1 Å². The predicted molar refractivity (Wildman–Crippen MR) is 127 cm³/mol. The smallest absolute Gasteiger partial charge is 0.273 e. The van der Waals surface area contributed by atoms with Crippen LogP contribution in [-0.4, -0.2) is 21.7 Å². The van der Waals surface area contributed by atoms with Crippen LogP contribution in [0.4, 0.5) is 0 Å². The molecule has 0 bridgehead atoms. The van der Waals surface area contributed by atoms with Crippen molar-refractivity contribution >= 4 is 46.2 Å². The van der Waals surface area contributed by atoms with Crippen molar-refractivity contribution in [1.82, 2.24) is 15.0 Å². The number of pyridine rings is 1. The highest BCUT2D eigenvalue weighted by atomic mass is 35.5. The normalized spacial score (nSPS) is 11.4. The maximum Gasteiger partial charge on any atom is 0.273 e. The number of hydrogen-bond acceptors (Lipinski definition) is 3. The third-order valence-electron chi connectivity index (χ3n) is 5.10. The zero-order chi connectivity index (χ0) is 22.1. The first-order valence-electron chi connectivity index (χ1n) is 9.68. The van der Waals surface area contributed by atoms with E-state index in [1.807, 2.05) is 73.9 Å². The van der Waals surface area contributed by atoms with Gasteiger partial charge >= 0.3 is 0 Å². The van der Waals surface area contributed by atoms with E-state index in [0.29, 0.717) is 21.3 Å². The van der Waals surface area contributed by atoms with Crippen molar-refractivity contribution in [1.29, 1.82) is 0 Å². The summed E-state index contributed by atoms with van der Waals surface area (Å²) in [4.78, 5) is 17.2. The van der Waals surface area contributed by atoms with Crippen molar-refractivity contribution in [3.05, 3.63) is 92.9 Å². The number of carbonyl (C=O) groups is 1. The first-order valence-corrected chi connectivity index (χ1v) is 10.4. The first-order chi connectivity index (χ1) is 14.8. The summed E-state index contributed by atoms with van der Waals surface area (Å²) in [5.41, 5.74) is 8.31. The Morgan fingerprint density at radius 2 is 1.74 bits per heavy atom. The van der Waals surface area contributed by atoms with Gasteiger partial charge in [-0.2, -0.15) is 5.10 Å². The highest BCUT2D eigenvalue weighted by Crippen LogP contribution is 2.26. The number of nitrogens with one attached hydrogen (secondary N) is 1. The fourth-order valence-corrected chi connectivity index (χ4v) is 4.16. The molecule has 1 amide bonds. The summed E-state index contributed by atoms with van der Waals surface area (Å²) in [6, 6.07) is 16.9. The van der Waals surface area contributed by atoms with Crippen LogP contribution in [0.15, 0.2) is 59.7 Å². The SMILES string of the molecule is Cc1nc2ccccc2cc1C(=O)NN=Cc1cc(C)n(-c2cc(Cl)cc(Cl)c2)c1C. The molecule has 4 rings (SSSR count). The third-order valence-corrected chi connectivity index (χ3v) is 5.54. The maximum absolute atomic E-state index is 12.7. The third kappa shape index (κ3) is 4.33. The number of para-hydroxylation sites is 1. The number of carbonyl (C=O) groups excluding carboxylic acids is 1. The predicted octanol–water partition coefficient (Wildman–Crippen LogP) is 6.02. The fraction of sp³-hybridized carbons (Fsp3) is 0.125. The number of fused-ring (bicyclic) bond motifs is 1. The lowest BCUT2D eigenvalue weighted by Crippen LogP contribution is -2.19. The number of hydrazone groups is 1. The molecule has 2 aromatic heterocycles. The molecular formula is C24H20Cl2N4O. The van der Waals surface area contributed by atoms with E-state index in [9.17, 15) is 4.79 Å². The lowest BCUT2D eigenvalue weighted by Gasteiger charge is -2.10. The van der Waals surface area contributed by atoms with E-state index in [4.69, 9.17) is 23.2 Å². The Hall–Kier alpha value is -3.15. The van der Waals surface area contributed by atoms with E-state index < -0.39 is 0 Å². The van der Waals surface area contributed by atoms with Gasteiger partial charge in [-0.25, -0.2) is 5.43 Å². The van der Waals surface area contributed by atoms with Gasteiger partial charge in [0.25, 0.3) is 5.91 Å². The van der Waals surface area contributed by atoms with E-state index in [0.717, 1.165) is 33.5 Å². The Balaban J connectivity index is 1.57. The van der Waals surface area contributed by atoms with Crippen LogP contribution in [0, 0.1) is 20.8 Å². The monoisotopic (exact) mass is 450 g/mol. The molecule has 4 aromatic rings. The summed E-state index contributed by atoms with van der Waals surface area (Å²) in [5.74, 6) is -0.303. The van der Waals surface area contributed by atoms with Gasteiger partial charge in [-0.05, 0) is 57.2 Å². The lowest BCUT2D eigenvalue weighted by atomic mass is 10.1. The molecule has 31 heavy (non-hydrogen) atoms. The second kappa shape index (κ2) is 8.53. The van der Waals surface area contributed by atoms with Gasteiger partial charge in [0.1, 0.15) is 0 Å². The Labute approximate surface area is 190 Å². The van der Waals surface area contributed by atoms with Gasteiger partial charge in [-0.15, -0.1) is 0 Å². The van der Waals surface area contributed by atoms with E-state index in [1.54, 1.807) is 12.3 Å². The summed E-state index contributed by atoms with van der Waals surface area (Å²) in [5, 5.41) is 6.21. The topological polar surface area (TPSA) is 59.3 Å². The van der Waals surface area contributed by atoms with Crippen LogP contribution in [0.3, 0.4) is 0 Å². The number of aryl methyl sites for hydroxylation is 2. The summed E-state index contributed by atoms with van der Waals surface area (Å²) in [7, 11) is 0. The van der Waals surface area contributed by atoms with Crippen molar-refractivity contribution in [3.63, 3.8) is 0 Å². The zero-order valence-corrected chi connectivity index (χ0v) is 18.8. The van der Waals surface area contributed by atoms with Gasteiger partial charge < -0.3 is 4.57 Å². The maximum atomic E-state index is 12.7. The van der Waals surface area contributed by atoms with Gasteiger partial charge in [-0.3, -0.25) is 9.78 Å². The van der Waals surface area contributed by atoms with Crippen LogP contribution in [0.2, 0.25) is 10.0 Å². The molecule has 0 radical (unpaired) electrons. The first kappa shape index (κ1) is 21.1. The fourth-order valence-electron chi connectivity index (χ4n) is 3.65. The summed E-state index contributed by atoms with van der Waals surface area (Å²) in [6.45, 7) is 5.78. The van der Waals surface area contributed by atoms with E-state index >= 15 is 0 Å². The molecule has 0 aliphatic rings. The number of halogens is 2. The Kier molecular flexibility index (Phi) is 5.81. The number of rotatable bonds is 4. The van der Waals surface area contributed by atoms with E-state index in [1.165, 1.54) is 0 Å².